The van der Waals surface area contributed by atoms with Crippen LogP contribution in [-0.2, 0) is 11.2 Å². The van der Waals surface area contributed by atoms with Gasteiger partial charge in [0.25, 0.3) is 5.91 Å². The van der Waals surface area contributed by atoms with Gasteiger partial charge in [-0.3, -0.25) is 4.79 Å². The molecule has 23 heavy (non-hydrogen) atoms. The Hall–Kier alpha value is -2.33. The highest BCUT2D eigenvalue weighted by Gasteiger charge is 2.35. The first-order chi connectivity index (χ1) is 11.2. The van der Waals surface area contributed by atoms with Gasteiger partial charge in [0, 0.05) is 12.1 Å². The van der Waals surface area contributed by atoms with Crippen LogP contribution in [0.3, 0.4) is 0 Å². The van der Waals surface area contributed by atoms with Gasteiger partial charge in [-0.05, 0) is 37.1 Å². The van der Waals surface area contributed by atoms with E-state index in [9.17, 15) is 4.79 Å². The molecule has 1 aliphatic heterocycles. The molecule has 2 N–H and O–H groups in total. The third-order valence-electron chi connectivity index (χ3n) is 4.15. The SMILES string of the molecule is CCc1ccc2c(c1)N(CCCN)C(=O)C(c1ccccc1)O2. The number of fused-ring (bicyclic) bond motifs is 1. The van der Waals surface area contributed by atoms with Crippen LogP contribution in [0.4, 0.5) is 5.69 Å². The van der Waals surface area contributed by atoms with E-state index >= 15 is 0 Å². The van der Waals surface area contributed by atoms with E-state index in [1.165, 1.54) is 5.56 Å². The van der Waals surface area contributed by atoms with Crippen molar-refractivity contribution in [2.24, 2.45) is 5.73 Å². The molecule has 0 bridgehead atoms. The van der Waals surface area contributed by atoms with Gasteiger partial charge in [-0.1, -0.05) is 43.3 Å². The van der Waals surface area contributed by atoms with E-state index in [1.54, 1.807) is 0 Å². The quantitative estimate of drug-likeness (QED) is 0.923. The number of anilines is 1. The summed E-state index contributed by atoms with van der Waals surface area (Å²) < 4.78 is 6.02. The first-order valence-electron chi connectivity index (χ1n) is 8.10. The highest BCUT2D eigenvalue weighted by Crippen LogP contribution is 2.39. The average Bonchev–Trinajstić information content (AvgIpc) is 2.61. The van der Waals surface area contributed by atoms with E-state index in [0.717, 1.165) is 29.8 Å². The van der Waals surface area contributed by atoms with Crippen molar-refractivity contribution in [3.63, 3.8) is 0 Å². The largest absolute Gasteiger partial charge is 0.474 e. The number of carbonyl (C=O) groups excluding carboxylic acids is 1. The Bertz CT molecular complexity index is 685. The third kappa shape index (κ3) is 3.08. The molecule has 1 heterocycles. The van der Waals surface area contributed by atoms with Crippen molar-refractivity contribution in [1.29, 1.82) is 0 Å². The Morgan fingerprint density at radius 1 is 1.17 bits per heavy atom. The predicted molar refractivity (Wildman–Crippen MR) is 91.7 cm³/mol. The number of hydrogen-bond acceptors (Lipinski definition) is 3. The Kier molecular flexibility index (Phi) is 4.63. The predicted octanol–water partition coefficient (Wildman–Crippen LogP) is 3.06. The van der Waals surface area contributed by atoms with Crippen molar-refractivity contribution < 1.29 is 9.53 Å². The lowest BCUT2D eigenvalue weighted by Crippen LogP contribution is -2.42. The fourth-order valence-electron chi connectivity index (χ4n) is 2.85. The molecule has 0 spiro atoms. The monoisotopic (exact) mass is 310 g/mol. The first kappa shape index (κ1) is 15.6. The lowest BCUT2D eigenvalue weighted by molar-refractivity contribution is -0.126. The molecular weight excluding hydrogens is 288 g/mol. The van der Waals surface area contributed by atoms with Crippen LogP contribution in [0.5, 0.6) is 5.75 Å². The second-order valence-electron chi connectivity index (χ2n) is 5.70. The number of rotatable bonds is 5. The summed E-state index contributed by atoms with van der Waals surface area (Å²) in [7, 11) is 0. The molecule has 0 saturated heterocycles. The molecular formula is C19H22N2O2. The molecule has 4 nitrogen and oxygen atoms in total. The molecule has 2 aromatic rings. The van der Waals surface area contributed by atoms with Crippen molar-refractivity contribution in [2.45, 2.75) is 25.9 Å². The molecule has 1 aliphatic rings. The van der Waals surface area contributed by atoms with E-state index < -0.39 is 6.10 Å². The molecule has 1 unspecified atom stereocenters. The van der Waals surface area contributed by atoms with Crippen LogP contribution < -0.4 is 15.4 Å². The second kappa shape index (κ2) is 6.84. The topological polar surface area (TPSA) is 55.6 Å². The number of carbonyl (C=O) groups is 1. The minimum atomic E-state index is -0.589. The van der Waals surface area contributed by atoms with Gasteiger partial charge in [-0.2, -0.15) is 0 Å². The molecule has 0 radical (unpaired) electrons. The summed E-state index contributed by atoms with van der Waals surface area (Å²) in [5.74, 6) is 0.734. The van der Waals surface area contributed by atoms with Crippen molar-refractivity contribution in [3.05, 3.63) is 59.7 Å². The summed E-state index contributed by atoms with van der Waals surface area (Å²) >= 11 is 0. The summed E-state index contributed by atoms with van der Waals surface area (Å²) in [5.41, 5.74) is 8.57. The number of ether oxygens (including phenoxy) is 1. The zero-order valence-corrected chi connectivity index (χ0v) is 13.4. The van der Waals surface area contributed by atoms with Crippen molar-refractivity contribution >= 4 is 11.6 Å². The third-order valence-corrected chi connectivity index (χ3v) is 4.15. The first-order valence-corrected chi connectivity index (χ1v) is 8.10. The van der Waals surface area contributed by atoms with Crippen molar-refractivity contribution in [2.75, 3.05) is 18.0 Å². The number of nitrogens with zero attached hydrogens (tertiary/aromatic N) is 1. The summed E-state index contributed by atoms with van der Waals surface area (Å²) in [5, 5.41) is 0. The zero-order chi connectivity index (χ0) is 16.2. The number of benzene rings is 2. The lowest BCUT2D eigenvalue weighted by atomic mass is 10.0. The maximum atomic E-state index is 13.0. The van der Waals surface area contributed by atoms with Gasteiger partial charge in [0.05, 0.1) is 5.69 Å². The zero-order valence-electron chi connectivity index (χ0n) is 13.4. The maximum absolute atomic E-state index is 13.0. The maximum Gasteiger partial charge on any atom is 0.272 e. The Labute approximate surface area is 136 Å². The molecule has 3 rings (SSSR count). The second-order valence-corrected chi connectivity index (χ2v) is 5.70. The van der Waals surface area contributed by atoms with E-state index in [1.807, 2.05) is 47.4 Å². The fraction of sp³-hybridized carbons (Fsp3) is 0.316. The van der Waals surface area contributed by atoms with Crippen LogP contribution in [0.25, 0.3) is 0 Å². The number of amides is 1. The Morgan fingerprint density at radius 2 is 1.96 bits per heavy atom. The molecule has 0 saturated carbocycles. The van der Waals surface area contributed by atoms with Crippen LogP contribution >= 0.6 is 0 Å². The fourth-order valence-corrected chi connectivity index (χ4v) is 2.85. The van der Waals surface area contributed by atoms with Crippen molar-refractivity contribution in [1.82, 2.24) is 0 Å². The van der Waals surface area contributed by atoms with E-state index in [4.69, 9.17) is 10.5 Å². The van der Waals surface area contributed by atoms with Gasteiger partial charge in [-0.15, -0.1) is 0 Å². The normalized spacial score (nSPS) is 16.9. The molecule has 1 amide bonds. The smallest absolute Gasteiger partial charge is 0.272 e. The summed E-state index contributed by atoms with van der Waals surface area (Å²) in [4.78, 5) is 14.8. The van der Waals surface area contributed by atoms with Gasteiger partial charge in [0.2, 0.25) is 6.10 Å². The van der Waals surface area contributed by atoms with E-state index in [2.05, 4.69) is 13.0 Å². The molecule has 0 aromatic heterocycles. The van der Waals surface area contributed by atoms with Gasteiger partial charge in [0.1, 0.15) is 5.75 Å². The number of hydrogen-bond donors (Lipinski definition) is 1. The minimum Gasteiger partial charge on any atom is -0.474 e. The Balaban J connectivity index is 2.00. The van der Waals surface area contributed by atoms with Crippen LogP contribution in [0.15, 0.2) is 48.5 Å². The molecule has 0 aliphatic carbocycles. The number of nitrogens with two attached hydrogens (primary N) is 1. The van der Waals surface area contributed by atoms with Gasteiger partial charge in [-0.25, -0.2) is 0 Å². The standard InChI is InChI=1S/C19H22N2O2/c1-2-14-9-10-17-16(13-14)21(12-6-11-20)19(22)18(23-17)15-7-4-3-5-8-15/h3-5,7-10,13,18H,2,6,11-12,20H2,1H3. The summed E-state index contributed by atoms with van der Waals surface area (Å²) in [6, 6.07) is 15.7. The van der Waals surface area contributed by atoms with Crippen molar-refractivity contribution in [3.8, 4) is 5.75 Å². The molecule has 0 fully saturated rings. The lowest BCUT2D eigenvalue weighted by Gasteiger charge is -2.35. The Morgan fingerprint density at radius 3 is 2.65 bits per heavy atom. The highest BCUT2D eigenvalue weighted by molar-refractivity contribution is 6.00. The van der Waals surface area contributed by atoms with Gasteiger partial charge < -0.3 is 15.4 Å². The van der Waals surface area contributed by atoms with Crippen LogP contribution in [-0.4, -0.2) is 19.0 Å². The van der Waals surface area contributed by atoms with Crippen LogP contribution in [0.2, 0.25) is 0 Å². The molecule has 2 aromatic carbocycles. The van der Waals surface area contributed by atoms with Crippen LogP contribution in [0.1, 0.15) is 30.6 Å². The van der Waals surface area contributed by atoms with Gasteiger partial charge in [0.15, 0.2) is 0 Å². The van der Waals surface area contributed by atoms with Crippen LogP contribution in [0, 0.1) is 0 Å². The number of aryl methyl sites for hydroxylation is 1. The minimum absolute atomic E-state index is 0.0228. The molecule has 120 valence electrons. The highest BCUT2D eigenvalue weighted by atomic mass is 16.5. The summed E-state index contributed by atoms with van der Waals surface area (Å²) in [6.07, 6.45) is 1.10. The van der Waals surface area contributed by atoms with Gasteiger partial charge >= 0.3 is 0 Å². The molecule has 1 atom stereocenters. The molecule has 4 heteroatoms. The van der Waals surface area contributed by atoms with E-state index in [-0.39, 0.29) is 5.91 Å². The summed E-state index contributed by atoms with van der Waals surface area (Å²) in [6.45, 7) is 3.27. The average molecular weight is 310 g/mol. The van der Waals surface area contributed by atoms with E-state index in [0.29, 0.717) is 13.1 Å².